The number of carbonyl (C=O) groups is 1. The van der Waals surface area contributed by atoms with Crippen molar-refractivity contribution < 1.29 is 22.4 Å². The van der Waals surface area contributed by atoms with Gasteiger partial charge in [0.25, 0.3) is 5.91 Å². The first-order valence-electron chi connectivity index (χ1n) is 10.5. The molecule has 5 aromatic rings. The van der Waals surface area contributed by atoms with Crippen molar-refractivity contribution in [1.82, 2.24) is 19.2 Å². The number of anilines is 1. The van der Waals surface area contributed by atoms with E-state index in [0.29, 0.717) is 17.4 Å². The zero-order valence-corrected chi connectivity index (χ0v) is 18.2. The third kappa shape index (κ3) is 4.03. The van der Waals surface area contributed by atoms with Crippen LogP contribution < -0.4 is 5.32 Å². The van der Waals surface area contributed by atoms with E-state index in [1.54, 1.807) is 36.8 Å². The summed E-state index contributed by atoms with van der Waals surface area (Å²) < 4.78 is 57.3. The molecule has 0 saturated heterocycles. The number of fused-ring (bicyclic) bond motifs is 1. The molecule has 1 N–H and O–H groups in total. The second-order valence-electron chi connectivity index (χ2n) is 7.84. The van der Waals surface area contributed by atoms with Crippen molar-refractivity contribution in [1.29, 1.82) is 0 Å². The van der Waals surface area contributed by atoms with Gasteiger partial charge in [-0.25, -0.2) is 13.9 Å². The van der Waals surface area contributed by atoms with Crippen LogP contribution in [0.25, 0.3) is 22.6 Å². The van der Waals surface area contributed by atoms with E-state index in [1.807, 2.05) is 40.5 Å². The summed E-state index contributed by atoms with van der Waals surface area (Å²) in [5.41, 5.74) is 1.97. The van der Waals surface area contributed by atoms with Gasteiger partial charge in [-0.3, -0.25) is 14.5 Å². The van der Waals surface area contributed by atoms with Crippen LogP contribution in [0.4, 0.5) is 23.2 Å². The quantitative estimate of drug-likeness (QED) is 0.326. The fourth-order valence-corrected chi connectivity index (χ4v) is 3.86. The first-order valence-corrected chi connectivity index (χ1v) is 10.5. The predicted molar refractivity (Wildman–Crippen MR) is 122 cm³/mol. The highest BCUT2D eigenvalue weighted by atomic mass is 19.4. The monoisotopic (exact) mass is 479 g/mol. The highest BCUT2D eigenvalue weighted by Gasteiger charge is 2.35. The fraction of sp³-hybridized carbons (Fsp3) is 0.0800. The number of halogens is 4. The number of amides is 1. The maximum Gasteiger partial charge on any atom is 0.419 e. The summed E-state index contributed by atoms with van der Waals surface area (Å²) >= 11 is 0. The van der Waals surface area contributed by atoms with E-state index >= 15 is 0 Å². The summed E-state index contributed by atoms with van der Waals surface area (Å²) in [5, 5.41) is 2.50. The van der Waals surface area contributed by atoms with Crippen LogP contribution in [0.1, 0.15) is 21.5 Å². The molecule has 176 valence electrons. The minimum atomic E-state index is -4.91. The lowest BCUT2D eigenvalue weighted by molar-refractivity contribution is -0.140. The lowest BCUT2D eigenvalue weighted by Crippen LogP contribution is -2.17. The van der Waals surface area contributed by atoms with Gasteiger partial charge in [-0.1, -0.05) is 12.1 Å². The average molecular weight is 479 g/mol. The summed E-state index contributed by atoms with van der Waals surface area (Å²) in [7, 11) is 0. The highest BCUT2D eigenvalue weighted by Crippen LogP contribution is 2.33. The third-order valence-electron chi connectivity index (χ3n) is 5.56. The Labute approximate surface area is 196 Å². The molecular formula is C25H17F4N5O. The number of rotatable bonds is 4. The molecule has 6 nitrogen and oxygen atoms in total. The number of nitrogens with one attached hydrogen (secondary N) is 1. The Morgan fingerprint density at radius 3 is 2.60 bits per heavy atom. The Balaban J connectivity index is 1.52. The van der Waals surface area contributed by atoms with Gasteiger partial charge in [0, 0.05) is 35.9 Å². The Bertz CT molecular complexity index is 1550. The number of carbonyl (C=O) groups excluding carboxylic acids is 1. The smallest absolute Gasteiger partial charge is 0.322 e. The molecule has 0 spiro atoms. The molecule has 3 aromatic heterocycles. The van der Waals surface area contributed by atoms with Crippen molar-refractivity contribution in [2.24, 2.45) is 0 Å². The number of benzene rings is 2. The van der Waals surface area contributed by atoms with E-state index in [2.05, 4.69) is 15.3 Å². The number of hydrogen-bond acceptors (Lipinski definition) is 3. The van der Waals surface area contributed by atoms with Gasteiger partial charge in [-0.15, -0.1) is 0 Å². The molecule has 0 aliphatic rings. The molecule has 0 unspecified atom stereocenters. The number of pyridine rings is 1. The Morgan fingerprint density at radius 2 is 1.86 bits per heavy atom. The van der Waals surface area contributed by atoms with Crippen LogP contribution in [0, 0.1) is 12.7 Å². The third-order valence-corrected chi connectivity index (χ3v) is 5.56. The zero-order valence-electron chi connectivity index (χ0n) is 18.2. The molecule has 1 amide bonds. The van der Waals surface area contributed by atoms with Gasteiger partial charge in [0.05, 0.1) is 28.7 Å². The van der Waals surface area contributed by atoms with Gasteiger partial charge in [-0.05, 0) is 48.9 Å². The highest BCUT2D eigenvalue weighted by molar-refractivity contribution is 6.04. The standard InChI is InChI=1S/C25H17F4N5O/c1-15-7-8-17(32-24(35)18-5-2-6-19(23(18)26)25(27,28)29)12-20(15)33-11-9-22-31-14-21(34(22)33)16-4-3-10-30-13-16/h2-14H,1H3,(H,32,35). The van der Waals surface area contributed by atoms with E-state index in [9.17, 15) is 22.4 Å². The molecule has 35 heavy (non-hydrogen) atoms. The molecule has 0 saturated carbocycles. The summed E-state index contributed by atoms with van der Waals surface area (Å²) in [6.07, 6.45) is 2.01. The lowest BCUT2D eigenvalue weighted by atomic mass is 10.1. The van der Waals surface area contributed by atoms with Crippen molar-refractivity contribution in [3.8, 4) is 16.9 Å². The SMILES string of the molecule is Cc1ccc(NC(=O)c2cccc(C(F)(F)F)c2F)cc1-n1ccc2ncc(-c3cccnc3)n21. The number of nitrogens with zero attached hydrogens (tertiary/aromatic N) is 4. The van der Waals surface area contributed by atoms with Crippen LogP contribution >= 0.6 is 0 Å². The Hall–Kier alpha value is -4.47. The number of alkyl halides is 3. The van der Waals surface area contributed by atoms with Crippen LogP contribution in [0.15, 0.2) is 79.4 Å². The van der Waals surface area contributed by atoms with Crippen molar-refractivity contribution in [2.45, 2.75) is 13.1 Å². The topological polar surface area (TPSA) is 64.2 Å². The minimum absolute atomic E-state index is 0.289. The predicted octanol–water partition coefficient (Wildman–Crippen LogP) is 5.91. The van der Waals surface area contributed by atoms with Crippen LogP contribution in [0.2, 0.25) is 0 Å². The Morgan fingerprint density at radius 1 is 1.03 bits per heavy atom. The summed E-state index contributed by atoms with van der Waals surface area (Å²) in [4.78, 5) is 21.2. The van der Waals surface area contributed by atoms with Gasteiger partial charge in [-0.2, -0.15) is 13.2 Å². The van der Waals surface area contributed by atoms with E-state index in [0.717, 1.165) is 29.0 Å². The first kappa shape index (κ1) is 22.3. The average Bonchev–Trinajstić information content (AvgIpc) is 3.43. The number of aryl methyl sites for hydroxylation is 1. The molecule has 10 heteroatoms. The van der Waals surface area contributed by atoms with Crippen molar-refractivity contribution in [3.05, 3.63) is 102 Å². The minimum Gasteiger partial charge on any atom is -0.322 e. The molecule has 0 fully saturated rings. The molecule has 0 bridgehead atoms. The van der Waals surface area contributed by atoms with Gasteiger partial charge >= 0.3 is 6.18 Å². The van der Waals surface area contributed by atoms with Crippen LogP contribution in [-0.2, 0) is 6.18 Å². The molecule has 0 radical (unpaired) electrons. The summed E-state index contributed by atoms with van der Waals surface area (Å²) in [5.74, 6) is -2.60. The van der Waals surface area contributed by atoms with Crippen molar-refractivity contribution in [2.75, 3.05) is 5.32 Å². The largest absolute Gasteiger partial charge is 0.419 e. The second kappa shape index (κ2) is 8.39. The second-order valence-corrected chi connectivity index (χ2v) is 7.84. The maximum atomic E-state index is 14.4. The van der Waals surface area contributed by atoms with Crippen LogP contribution in [0.5, 0.6) is 0 Å². The van der Waals surface area contributed by atoms with E-state index in [1.165, 1.54) is 0 Å². The fourth-order valence-electron chi connectivity index (χ4n) is 3.86. The van der Waals surface area contributed by atoms with E-state index < -0.39 is 29.0 Å². The summed E-state index contributed by atoms with van der Waals surface area (Å²) in [6.45, 7) is 1.87. The first-order chi connectivity index (χ1) is 16.7. The van der Waals surface area contributed by atoms with Crippen LogP contribution in [-0.4, -0.2) is 25.1 Å². The normalized spacial score (nSPS) is 11.7. The Kier molecular flexibility index (Phi) is 5.35. The number of imidazole rings is 1. The van der Waals surface area contributed by atoms with Crippen LogP contribution in [0.3, 0.4) is 0 Å². The molecule has 0 aliphatic carbocycles. The van der Waals surface area contributed by atoms with Gasteiger partial charge in [0.15, 0.2) is 5.65 Å². The molecule has 5 rings (SSSR count). The lowest BCUT2D eigenvalue weighted by Gasteiger charge is -2.15. The molecular weight excluding hydrogens is 462 g/mol. The van der Waals surface area contributed by atoms with Crippen molar-refractivity contribution in [3.63, 3.8) is 0 Å². The van der Waals surface area contributed by atoms with Gasteiger partial charge < -0.3 is 5.32 Å². The van der Waals surface area contributed by atoms with Gasteiger partial charge in [0.1, 0.15) is 5.82 Å². The number of hydrogen-bond donors (Lipinski definition) is 1. The maximum absolute atomic E-state index is 14.4. The van der Waals surface area contributed by atoms with Gasteiger partial charge in [0.2, 0.25) is 0 Å². The molecule has 3 heterocycles. The zero-order chi connectivity index (χ0) is 24.7. The van der Waals surface area contributed by atoms with E-state index in [-0.39, 0.29) is 5.69 Å². The number of aromatic nitrogens is 4. The molecule has 0 atom stereocenters. The van der Waals surface area contributed by atoms with E-state index in [4.69, 9.17) is 0 Å². The molecule has 0 aliphatic heterocycles. The summed E-state index contributed by atoms with van der Waals surface area (Å²) in [6, 6.07) is 13.1. The molecule has 2 aromatic carbocycles. The van der Waals surface area contributed by atoms with Crippen molar-refractivity contribution >= 4 is 17.2 Å².